The minimum Gasteiger partial charge on any atom is -0.381 e. The Bertz CT molecular complexity index is 360. The Morgan fingerprint density at radius 1 is 1.56 bits per heavy atom. The number of imidazole rings is 1. The van der Waals surface area contributed by atoms with Gasteiger partial charge in [0.25, 0.3) is 0 Å². The van der Waals surface area contributed by atoms with Gasteiger partial charge in [0.05, 0.1) is 6.54 Å². The molecular weight excluding hydrogens is 228 g/mol. The molecule has 0 amide bonds. The van der Waals surface area contributed by atoms with Gasteiger partial charge >= 0.3 is 0 Å². The summed E-state index contributed by atoms with van der Waals surface area (Å²) in [5, 5.41) is 0. The minimum atomic E-state index is 0.422. The highest BCUT2D eigenvalue weighted by molar-refractivity contribution is 4.92. The van der Waals surface area contributed by atoms with Crippen molar-refractivity contribution < 1.29 is 4.74 Å². The molecule has 2 rings (SSSR count). The first-order valence-corrected chi connectivity index (χ1v) is 6.66. The predicted molar refractivity (Wildman–Crippen MR) is 71.1 cm³/mol. The normalized spacial score (nSPS) is 19.3. The van der Waals surface area contributed by atoms with Gasteiger partial charge in [-0.15, -0.1) is 0 Å². The van der Waals surface area contributed by atoms with E-state index in [2.05, 4.69) is 21.5 Å². The molecule has 1 unspecified atom stereocenters. The number of aryl methyl sites for hydroxylation is 1. The van der Waals surface area contributed by atoms with Gasteiger partial charge in [-0.1, -0.05) is 0 Å². The van der Waals surface area contributed by atoms with Crippen molar-refractivity contribution in [3.8, 4) is 0 Å². The average Bonchev–Trinajstić information content (AvgIpc) is 2.77. The van der Waals surface area contributed by atoms with Crippen LogP contribution in [-0.4, -0.2) is 47.3 Å². The van der Waals surface area contributed by atoms with E-state index in [-0.39, 0.29) is 0 Å². The molecule has 0 aromatic carbocycles. The van der Waals surface area contributed by atoms with E-state index in [1.54, 1.807) is 0 Å². The average molecular weight is 252 g/mol. The molecule has 5 nitrogen and oxygen atoms in total. The van der Waals surface area contributed by atoms with E-state index in [0.29, 0.717) is 18.5 Å². The van der Waals surface area contributed by atoms with E-state index >= 15 is 0 Å². The lowest BCUT2D eigenvalue weighted by atomic mass is 9.91. The van der Waals surface area contributed by atoms with Crippen LogP contribution in [0.2, 0.25) is 0 Å². The molecule has 0 radical (unpaired) electrons. The van der Waals surface area contributed by atoms with Crippen molar-refractivity contribution in [3.63, 3.8) is 0 Å². The van der Waals surface area contributed by atoms with Crippen LogP contribution in [-0.2, 0) is 18.3 Å². The second-order valence-electron chi connectivity index (χ2n) is 5.12. The molecule has 2 N–H and O–H groups in total. The summed E-state index contributed by atoms with van der Waals surface area (Å²) in [7, 11) is 4.17. The summed E-state index contributed by atoms with van der Waals surface area (Å²) in [4.78, 5) is 6.71. The molecule has 18 heavy (non-hydrogen) atoms. The zero-order valence-electron chi connectivity index (χ0n) is 11.4. The van der Waals surface area contributed by atoms with Crippen molar-refractivity contribution in [1.29, 1.82) is 0 Å². The highest BCUT2D eigenvalue weighted by atomic mass is 16.5. The molecule has 0 bridgehead atoms. The Labute approximate surface area is 109 Å². The van der Waals surface area contributed by atoms with Gasteiger partial charge in [-0.2, -0.15) is 0 Å². The SMILES string of the molecule is CN(Cc1nccn1C)C(CN)C1CCOCC1. The molecule has 0 aliphatic carbocycles. The Morgan fingerprint density at radius 2 is 2.28 bits per heavy atom. The maximum atomic E-state index is 5.96. The molecule has 2 heterocycles. The number of likely N-dealkylation sites (N-methyl/N-ethyl adjacent to an activating group) is 1. The van der Waals surface area contributed by atoms with Crippen molar-refractivity contribution in [2.45, 2.75) is 25.4 Å². The zero-order chi connectivity index (χ0) is 13.0. The fourth-order valence-electron chi connectivity index (χ4n) is 2.72. The summed E-state index contributed by atoms with van der Waals surface area (Å²) in [6, 6.07) is 0.422. The summed E-state index contributed by atoms with van der Waals surface area (Å²) in [5.41, 5.74) is 5.96. The van der Waals surface area contributed by atoms with E-state index in [0.717, 1.165) is 38.4 Å². The second-order valence-corrected chi connectivity index (χ2v) is 5.12. The Kier molecular flexibility index (Phi) is 4.74. The van der Waals surface area contributed by atoms with Crippen LogP contribution < -0.4 is 5.73 Å². The molecular formula is C13H24N4O. The molecule has 0 saturated carbocycles. The van der Waals surface area contributed by atoms with Gasteiger partial charge in [0.1, 0.15) is 5.82 Å². The van der Waals surface area contributed by atoms with Crippen molar-refractivity contribution in [3.05, 3.63) is 18.2 Å². The monoisotopic (exact) mass is 252 g/mol. The Morgan fingerprint density at radius 3 is 2.83 bits per heavy atom. The van der Waals surface area contributed by atoms with Gasteiger partial charge in [-0.3, -0.25) is 4.90 Å². The maximum Gasteiger partial charge on any atom is 0.122 e. The van der Waals surface area contributed by atoms with Crippen LogP contribution in [0.4, 0.5) is 0 Å². The Hall–Kier alpha value is -0.910. The summed E-state index contributed by atoms with van der Waals surface area (Å²) in [6.45, 7) is 3.29. The first-order valence-electron chi connectivity index (χ1n) is 6.66. The number of nitrogens with zero attached hydrogens (tertiary/aromatic N) is 3. The van der Waals surface area contributed by atoms with Crippen LogP contribution in [0.1, 0.15) is 18.7 Å². The lowest BCUT2D eigenvalue weighted by Crippen LogP contribution is -2.45. The number of aromatic nitrogens is 2. The van der Waals surface area contributed by atoms with Crippen LogP contribution in [0.15, 0.2) is 12.4 Å². The van der Waals surface area contributed by atoms with Gasteiger partial charge < -0.3 is 15.0 Å². The van der Waals surface area contributed by atoms with Crippen molar-refractivity contribution in [2.75, 3.05) is 26.8 Å². The molecule has 1 saturated heterocycles. The topological polar surface area (TPSA) is 56.3 Å². The number of rotatable bonds is 5. The lowest BCUT2D eigenvalue weighted by Gasteiger charge is -2.35. The predicted octanol–water partition coefficient (Wildman–Crippen LogP) is 0.606. The van der Waals surface area contributed by atoms with Crippen molar-refractivity contribution >= 4 is 0 Å². The molecule has 102 valence electrons. The lowest BCUT2D eigenvalue weighted by molar-refractivity contribution is 0.0315. The number of ether oxygens (including phenoxy) is 1. The summed E-state index contributed by atoms with van der Waals surface area (Å²) in [6.07, 6.45) is 6.06. The first-order chi connectivity index (χ1) is 8.72. The highest BCUT2D eigenvalue weighted by Gasteiger charge is 2.26. The smallest absolute Gasteiger partial charge is 0.122 e. The van der Waals surface area contributed by atoms with Crippen LogP contribution >= 0.6 is 0 Å². The number of hydrogen-bond acceptors (Lipinski definition) is 4. The van der Waals surface area contributed by atoms with Gasteiger partial charge in [0, 0.05) is 45.2 Å². The van der Waals surface area contributed by atoms with E-state index in [4.69, 9.17) is 10.5 Å². The molecule has 1 atom stereocenters. The molecule has 5 heteroatoms. The third kappa shape index (κ3) is 3.10. The van der Waals surface area contributed by atoms with Gasteiger partial charge in [0.2, 0.25) is 0 Å². The molecule has 1 aromatic rings. The minimum absolute atomic E-state index is 0.422. The van der Waals surface area contributed by atoms with Crippen LogP contribution in [0.5, 0.6) is 0 Å². The van der Waals surface area contributed by atoms with Crippen LogP contribution in [0.25, 0.3) is 0 Å². The fourth-order valence-corrected chi connectivity index (χ4v) is 2.72. The largest absolute Gasteiger partial charge is 0.381 e. The molecule has 1 aliphatic rings. The van der Waals surface area contributed by atoms with Crippen LogP contribution in [0, 0.1) is 5.92 Å². The number of hydrogen-bond donors (Lipinski definition) is 1. The summed E-state index contributed by atoms with van der Waals surface area (Å²) < 4.78 is 7.49. The van der Waals surface area contributed by atoms with Crippen molar-refractivity contribution in [2.24, 2.45) is 18.7 Å². The second kappa shape index (κ2) is 6.31. The quantitative estimate of drug-likeness (QED) is 0.834. The highest BCUT2D eigenvalue weighted by Crippen LogP contribution is 2.22. The third-order valence-corrected chi connectivity index (χ3v) is 3.93. The van der Waals surface area contributed by atoms with E-state index in [9.17, 15) is 0 Å². The molecule has 1 aromatic heterocycles. The van der Waals surface area contributed by atoms with Gasteiger partial charge in [-0.05, 0) is 25.8 Å². The van der Waals surface area contributed by atoms with Crippen molar-refractivity contribution in [1.82, 2.24) is 14.5 Å². The fraction of sp³-hybridized carbons (Fsp3) is 0.769. The van der Waals surface area contributed by atoms with Crippen LogP contribution in [0.3, 0.4) is 0 Å². The third-order valence-electron chi connectivity index (χ3n) is 3.93. The summed E-state index contributed by atoms with van der Waals surface area (Å²) >= 11 is 0. The molecule has 1 aliphatic heterocycles. The standard InChI is InChI=1S/C13H24N4O/c1-16-6-5-15-13(16)10-17(2)12(9-14)11-3-7-18-8-4-11/h5-6,11-12H,3-4,7-10,14H2,1-2H3. The van der Waals surface area contributed by atoms with E-state index < -0.39 is 0 Å². The molecule has 1 fully saturated rings. The maximum absolute atomic E-state index is 5.96. The molecule has 0 spiro atoms. The number of nitrogens with two attached hydrogens (primary N) is 1. The zero-order valence-corrected chi connectivity index (χ0v) is 11.4. The van der Waals surface area contributed by atoms with Gasteiger partial charge in [-0.25, -0.2) is 4.98 Å². The van der Waals surface area contributed by atoms with E-state index in [1.807, 2.05) is 19.4 Å². The first kappa shape index (κ1) is 13.5. The summed E-state index contributed by atoms with van der Waals surface area (Å²) in [5.74, 6) is 1.73. The van der Waals surface area contributed by atoms with Gasteiger partial charge in [0.15, 0.2) is 0 Å². The Balaban J connectivity index is 1.96. The van der Waals surface area contributed by atoms with E-state index in [1.165, 1.54) is 0 Å².